The zero-order valence-electron chi connectivity index (χ0n) is 23.4. The van der Waals surface area contributed by atoms with Crippen LogP contribution in [-0.2, 0) is 14.3 Å². The van der Waals surface area contributed by atoms with Crippen molar-refractivity contribution in [1.82, 2.24) is 0 Å². The number of hydrogen-bond donors (Lipinski definition) is 1. The third-order valence-corrected chi connectivity index (χ3v) is 6.79. The Morgan fingerprint density at radius 1 is 0.629 bits per heavy atom. The molecule has 1 atom stereocenters. The molecule has 0 aliphatic carbocycles. The smallest absolute Gasteiger partial charge is 0.307 e. The van der Waals surface area contributed by atoms with E-state index in [9.17, 15) is 14.7 Å². The molecule has 0 aromatic heterocycles. The molecule has 1 unspecified atom stereocenters. The lowest BCUT2D eigenvalue weighted by molar-refractivity contribution is -0.151. The average molecular weight is 495 g/mol. The second-order valence-corrected chi connectivity index (χ2v) is 10.3. The number of aliphatic carboxylic acids is 1. The zero-order valence-corrected chi connectivity index (χ0v) is 23.4. The van der Waals surface area contributed by atoms with Gasteiger partial charge in [-0.1, -0.05) is 129 Å². The number of esters is 1. The van der Waals surface area contributed by atoms with Gasteiger partial charge in [-0.05, 0) is 38.5 Å². The van der Waals surface area contributed by atoms with Gasteiger partial charge in [0.1, 0.15) is 0 Å². The summed E-state index contributed by atoms with van der Waals surface area (Å²) in [5.41, 5.74) is 0. The van der Waals surface area contributed by atoms with Crippen molar-refractivity contribution in [2.75, 3.05) is 6.61 Å². The molecule has 0 aromatic rings. The van der Waals surface area contributed by atoms with Crippen molar-refractivity contribution >= 4 is 11.9 Å². The van der Waals surface area contributed by atoms with Crippen molar-refractivity contribution < 1.29 is 19.4 Å². The summed E-state index contributed by atoms with van der Waals surface area (Å²) in [4.78, 5) is 23.0. The molecule has 4 nitrogen and oxygen atoms in total. The number of hydrogen-bond acceptors (Lipinski definition) is 3. The molecule has 0 amide bonds. The molecule has 35 heavy (non-hydrogen) atoms. The van der Waals surface area contributed by atoms with Crippen LogP contribution in [0.1, 0.15) is 162 Å². The van der Waals surface area contributed by atoms with Gasteiger partial charge in [-0.2, -0.15) is 0 Å². The Bertz CT molecular complexity index is 500. The Morgan fingerprint density at radius 2 is 1.06 bits per heavy atom. The number of rotatable bonds is 27. The first-order valence-electron chi connectivity index (χ1n) is 15.1. The summed E-state index contributed by atoms with van der Waals surface area (Å²) < 4.78 is 5.02. The highest BCUT2D eigenvalue weighted by Gasteiger charge is 2.21. The summed E-state index contributed by atoms with van der Waals surface area (Å²) in [6.45, 7) is 4.59. The summed E-state index contributed by atoms with van der Waals surface area (Å²) in [7, 11) is 0. The van der Waals surface area contributed by atoms with E-state index < -0.39 is 11.9 Å². The minimum absolute atomic E-state index is 0.00375. The second-order valence-electron chi connectivity index (χ2n) is 10.3. The fraction of sp³-hybridized carbons (Fsp3) is 0.871. The van der Waals surface area contributed by atoms with Crippen LogP contribution < -0.4 is 0 Å². The summed E-state index contributed by atoms with van der Waals surface area (Å²) >= 11 is 0. The Morgan fingerprint density at radius 3 is 1.49 bits per heavy atom. The number of carbonyl (C=O) groups is 2. The third-order valence-electron chi connectivity index (χ3n) is 6.79. The molecule has 0 radical (unpaired) electrons. The molecule has 0 spiro atoms. The van der Waals surface area contributed by atoms with Crippen molar-refractivity contribution in [2.45, 2.75) is 162 Å². The van der Waals surface area contributed by atoms with Crippen LogP contribution in [0, 0.1) is 5.92 Å². The molecule has 0 fully saturated rings. The van der Waals surface area contributed by atoms with Gasteiger partial charge in [0.15, 0.2) is 0 Å². The van der Waals surface area contributed by atoms with Crippen LogP contribution in [-0.4, -0.2) is 23.7 Å². The quantitative estimate of drug-likeness (QED) is 0.0701. The van der Waals surface area contributed by atoms with Gasteiger partial charge in [0.2, 0.25) is 0 Å². The van der Waals surface area contributed by atoms with E-state index in [1.54, 1.807) is 0 Å². The molecule has 0 aromatic carbocycles. The minimum Gasteiger partial charge on any atom is -0.481 e. The van der Waals surface area contributed by atoms with Gasteiger partial charge in [0.25, 0.3) is 0 Å². The molecular formula is C31H58O4. The number of carbonyl (C=O) groups excluding carboxylic acids is 1. The van der Waals surface area contributed by atoms with Crippen LogP contribution in [0.2, 0.25) is 0 Å². The first-order valence-corrected chi connectivity index (χ1v) is 15.1. The van der Waals surface area contributed by atoms with E-state index in [2.05, 4.69) is 19.1 Å². The SMILES string of the molecule is CCCCCCCCCCC/C=C/CCCCCCCCCCCC(CC(=O)OCCC)C(=O)O. The third kappa shape index (κ3) is 25.6. The first-order chi connectivity index (χ1) is 17.1. The normalized spacial score (nSPS) is 12.3. The molecular weight excluding hydrogens is 436 g/mol. The number of ether oxygens (including phenoxy) is 1. The number of allylic oxidation sites excluding steroid dienone is 2. The van der Waals surface area contributed by atoms with E-state index in [1.165, 1.54) is 109 Å². The van der Waals surface area contributed by atoms with Crippen LogP contribution in [0.25, 0.3) is 0 Å². The second kappa shape index (κ2) is 27.3. The van der Waals surface area contributed by atoms with Crippen molar-refractivity contribution in [3.63, 3.8) is 0 Å². The fourth-order valence-corrected chi connectivity index (χ4v) is 4.49. The molecule has 0 aliphatic heterocycles. The highest BCUT2D eigenvalue weighted by Crippen LogP contribution is 2.17. The molecule has 0 heterocycles. The van der Waals surface area contributed by atoms with Crippen LogP contribution >= 0.6 is 0 Å². The maximum Gasteiger partial charge on any atom is 0.307 e. The van der Waals surface area contributed by atoms with Crippen molar-refractivity contribution in [3.8, 4) is 0 Å². The van der Waals surface area contributed by atoms with E-state index in [0.717, 1.165) is 25.7 Å². The summed E-state index contributed by atoms with van der Waals surface area (Å²) in [6, 6.07) is 0. The number of unbranched alkanes of at least 4 members (excludes halogenated alkanes) is 18. The van der Waals surface area contributed by atoms with Crippen LogP contribution in [0.5, 0.6) is 0 Å². The van der Waals surface area contributed by atoms with Gasteiger partial charge in [-0.3, -0.25) is 9.59 Å². The van der Waals surface area contributed by atoms with Gasteiger partial charge in [-0.25, -0.2) is 0 Å². The monoisotopic (exact) mass is 494 g/mol. The van der Waals surface area contributed by atoms with Crippen molar-refractivity contribution in [2.24, 2.45) is 5.92 Å². The predicted octanol–water partition coefficient (Wildman–Crippen LogP) is 9.80. The van der Waals surface area contributed by atoms with E-state index >= 15 is 0 Å². The zero-order chi connectivity index (χ0) is 25.8. The van der Waals surface area contributed by atoms with Gasteiger partial charge < -0.3 is 9.84 Å². The molecule has 206 valence electrons. The molecule has 0 saturated carbocycles. The van der Waals surface area contributed by atoms with Gasteiger partial charge in [0.05, 0.1) is 18.9 Å². The Labute approximate surface area is 217 Å². The fourth-order valence-electron chi connectivity index (χ4n) is 4.49. The maximum absolute atomic E-state index is 11.7. The first kappa shape index (κ1) is 33.7. The lowest BCUT2D eigenvalue weighted by Gasteiger charge is -2.11. The lowest BCUT2D eigenvalue weighted by atomic mass is 9.97. The number of carboxylic acids is 1. The summed E-state index contributed by atoms with van der Waals surface area (Å²) in [6.07, 6.45) is 32.1. The van der Waals surface area contributed by atoms with Crippen LogP contribution in [0.4, 0.5) is 0 Å². The Balaban J connectivity index is 3.38. The van der Waals surface area contributed by atoms with E-state index in [0.29, 0.717) is 13.0 Å². The highest BCUT2D eigenvalue weighted by molar-refractivity contribution is 5.78. The maximum atomic E-state index is 11.7. The molecule has 0 saturated heterocycles. The molecule has 1 N–H and O–H groups in total. The lowest BCUT2D eigenvalue weighted by Crippen LogP contribution is -2.19. The van der Waals surface area contributed by atoms with Gasteiger partial charge in [0, 0.05) is 0 Å². The number of carboxylic acid groups (broad SMARTS) is 1. The molecule has 0 bridgehead atoms. The summed E-state index contributed by atoms with van der Waals surface area (Å²) in [5.74, 6) is -1.86. The standard InChI is InChI=1S/C31H58O4/c1-3-5-6-7-8-9-10-11-12-13-14-15-16-17-18-19-20-21-22-23-24-25-26-29(31(33)34)28-30(32)35-27-4-2/h14-15,29H,3-13,16-28H2,1-2H3,(H,33,34)/b15-14+. The Kier molecular flexibility index (Phi) is 26.2. The molecule has 0 aliphatic rings. The van der Waals surface area contributed by atoms with Gasteiger partial charge >= 0.3 is 11.9 Å². The van der Waals surface area contributed by atoms with Gasteiger partial charge in [-0.15, -0.1) is 0 Å². The highest BCUT2D eigenvalue weighted by atomic mass is 16.5. The van der Waals surface area contributed by atoms with E-state index in [1.807, 2.05) is 6.92 Å². The average Bonchev–Trinajstić information content (AvgIpc) is 2.84. The molecule has 4 heteroatoms. The minimum atomic E-state index is -0.878. The largest absolute Gasteiger partial charge is 0.481 e. The Hall–Kier alpha value is -1.32. The topological polar surface area (TPSA) is 63.6 Å². The van der Waals surface area contributed by atoms with Crippen LogP contribution in [0.15, 0.2) is 12.2 Å². The van der Waals surface area contributed by atoms with E-state index in [-0.39, 0.29) is 12.4 Å². The van der Waals surface area contributed by atoms with Crippen molar-refractivity contribution in [1.29, 1.82) is 0 Å². The molecule has 0 rings (SSSR count). The van der Waals surface area contributed by atoms with Crippen LogP contribution in [0.3, 0.4) is 0 Å². The van der Waals surface area contributed by atoms with E-state index in [4.69, 9.17) is 4.74 Å². The van der Waals surface area contributed by atoms with Crippen molar-refractivity contribution in [3.05, 3.63) is 12.2 Å². The predicted molar refractivity (Wildman–Crippen MR) is 149 cm³/mol. The summed E-state index contributed by atoms with van der Waals surface area (Å²) in [5, 5.41) is 9.31.